The number of aliphatic imine (C=N–C) groups is 1. The Hall–Kier alpha value is -0.510. The minimum Gasteiger partial charge on any atom is -0.381 e. The minimum atomic E-state index is -3.16. The van der Waals surface area contributed by atoms with Gasteiger partial charge in [-0.25, -0.2) is 12.7 Å². The lowest BCUT2D eigenvalue weighted by Gasteiger charge is -2.25. The zero-order valence-electron chi connectivity index (χ0n) is 13.1. The molecule has 7 nitrogen and oxygen atoms in total. The van der Waals surface area contributed by atoms with Crippen LogP contribution in [0.5, 0.6) is 0 Å². The predicted molar refractivity (Wildman–Crippen MR) is 91.0 cm³/mol. The third-order valence-corrected chi connectivity index (χ3v) is 6.64. The van der Waals surface area contributed by atoms with Crippen molar-refractivity contribution in [1.29, 1.82) is 0 Å². The highest BCUT2D eigenvalue weighted by molar-refractivity contribution is 7.99. The Morgan fingerprint density at radius 3 is 2.77 bits per heavy atom. The van der Waals surface area contributed by atoms with Gasteiger partial charge in [0.25, 0.3) is 0 Å². The van der Waals surface area contributed by atoms with E-state index in [1.54, 1.807) is 23.1 Å². The molecule has 0 aromatic heterocycles. The molecule has 0 aromatic carbocycles. The summed E-state index contributed by atoms with van der Waals surface area (Å²) < 4.78 is 31.4. The summed E-state index contributed by atoms with van der Waals surface area (Å²) in [6.45, 7) is 4.03. The van der Waals surface area contributed by atoms with Gasteiger partial charge in [-0.15, -0.1) is 0 Å². The van der Waals surface area contributed by atoms with E-state index < -0.39 is 10.0 Å². The molecule has 9 heteroatoms. The van der Waals surface area contributed by atoms with Gasteiger partial charge < -0.3 is 15.4 Å². The van der Waals surface area contributed by atoms with Gasteiger partial charge in [-0.1, -0.05) is 0 Å². The first-order valence-electron chi connectivity index (χ1n) is 7.69. The molecule has 0 bridgehead atoms. The Morgan fingerprint density at radius 1 is 1.36 bits per heavy atom. The van der Waals surface area contributed by atoms with Gasteiger partial charge in [0.2, 0.25) is 10.0 Å². The lowest BCUT2D eigenvalue weighted by atomic mass is 10.1. The van der Waals surface area contributed by atoms with Crippen LogP contribution in [-0.4, -0.2) is 82.4 Å². The second kappa shape index (κ2) is 8.95. The van der Waals surface area contributed by atoms with Gasteiger partial charge in [0.05, 0.1) is 12.4 Å². The lowest BCUT2D eigenvalue weighted by molar-refractivity contribution is 0.186. The fourth-order valence-corrected chi connectivity index (χ4v) is 4.95. The van der Waals surface area contributed by atoms with E-state index in [0.29, 0.717) is 31.5 Å². The van der Waals surface area contributed by atoms with Crippen LogP contribution in [0, 0.1) is 5.92 Å². The van der Waals surface area contributed by atoms with Gasteiger partial charge in [0.15, 0.2) is 5.96 Å². The van der Waals surface area contributed by atoms with E-state index in [4.69, 9.17) is 4.74 Å². The smallest absolute Gasteiger partial charge is 0.215 e. The molecule has 1 unspecified atom stereocenters. The summed E-state index contributed by atoms with van der Waals surface area (Å²) >= 11 is 1.80. The van der Waals surface area contributed by atoms with Crippen molar-refractivity contribution >= 4 is 27.7 Å². The van der Waals surface area contributed by atoms with E-state index in [0.717, 1.165) is 37.7 Å². The minimum absolute atomic E-state index is 0.102. The van der Waals surface area contributed by atoms with E-state index in [2.05, 4.69) is 15.6 Å². The first-order chi connectivity index (χ1) is 10.6. The number of hydrogen-bond acceptors (Lipinski definition) is 5. The number of sulfonamides is 1. The van der Waals surface area contributed by atoms with Gasteiger partial charge in [-0.3, -0.25) is 4.99 Å². The van der Waals surface area contributed by atoms with Crippen LogP contribution in [0.25, 0.3) is 0 Å². The standard InChI is InChI=1S/C13H26N4O3S2/c1-14-13(16-10-12-2-6-20-11-12)15-3-9-22(18,19)17-4-7-21-8-5-17/h12H,2-11H2,1H3,(H2,14,15,16). The fourth-order valence-electron chi connectivity index (χ4n) is 2.46. The molecular weight excluding hydrogens is 324 g/mol. The number of hydrogen-bond donors (Lipinski definition) is 2. The number of nitrogens with zero attached hydrogens (tertiary/aromatic N) is 2. The van der Waals surface area contributed by atoms with E-state index >= 15 is 0 Å². The van der Waals surface area contributed by atoms with Crippen molar-refractivity contribution in [3.8, 4) is 0 Å². The highest BCUT2D eigenvalue weighted by atomic mass is 32.2. The second-order valence-electron chi connectivity index (χ2n) is 5.44. The molecule has 2 saturated heterocycles. The summed E-state index contributed by atoms with van der Waals surface area (Å²) in [5, 5.41) is 6.30. The van der Waals surface area contributed by atoms with Crippen molar-refractivity contribution < 1.29 is 13.2 Å². The molecule has 2 N–H and O–H groups in total. The quantitative estimate of drug-likeness (QED) is 0.499. The van der Waals surface area contributed by atoms with Gasteiger partial charge in [-0.2, -0.15) is 11.8 Å². The van der Waals surface area contributed by atoms with Crippen LogP contribution in [0.1, 0.15) is 6.42 Å². The molecule has 1 atom stereocenters. The Labute approximate surface area is 137 Å². The molecule has 0 saturated carbocycles. The van der Waals surface area contributed by atoms with Crippen LogP contribution in [0.15, 0.2) is 4.99 Å². The zero-order valence-corrected chi connectivity index (χ0v) is 14.7. The van der Waals surface area contributed by atoms with E-state index in [-0.39, 0.29) is 5.75 Å². The van der Waals surface area contributed by atoms with Crippen molar-refractivity contribution in [3.63, 3.8) is 0 Å². The van der Waals surface area contributed by atoms with E-state index in [9.17, 15) is 8.42 Å². The number of rotatable bonds is 6. The number of guanidine groups is 1. The van der Waals surface area contributed by atoms with Crippen molar-refractivity contribution in [2.45, 2.75) is 6.42 Å². The van der Waals surface area contributed by atoms with Crippen LogP contribution in [-0.2, 0) is 14.8 Å². The van der Waals surface area contributed by atoms with Gasteiger partial charge in [0.1, 0.15) is 0 Å². The van der Waals surface area contributed by atoms with Gasteiger partial charge in [-0.05, 0) is 6.42 Å². The van der Waals surface area contributed by atoms with Crippen LogP contribution < -0.4 is 10.6 Å². The summed E-state index contributed by atoms with van der Waals surface area (Å²) in [5.41, 5.74) is 0. The van der Waals surface area contributed by atoms with Crippen molar-refractivity contribution in [2.75, 3.05) is 63.7 Å². The first kappa shape index (κ1) is 17.8. The highest BCUT2D eigenvalue weighted by Gasteiger charge is 2.23. The normalized spacial score (nSPS) is 24.4. The molecule has 2 aliphatic heterocycles. The van der Waals surface area contributed by atoms with E-state index in [1.807, 2.05) is 0 Å². The van der Waals surface area contributed by atoms with E-state index in [1.165, 1.54) is 0 Å². The Bertz CT molecular complexity index is 458. The SMILES string of the molecule is CN=C(NCCS(=O)(=O)N1CCSCC1)NCC1CCOC1. The number of nitrogens with one attached hydrogen (secondary N) is 2. The summed E-state index contributed by atoms with van der Waals surface area (Å²) in [6, 6.07) is 0. The number of ether oxygens (including phenoxy) is 1. The average molecular weight is 351 g/mol. The Balaban J connectivity index is 1.68. The molecule has 0 aromatic rings. The maximum absolute atomic E-state index is 12.2. The molecular formula is C13H26N4O3S2. The molecule has 0 spiro atoms. The summed E-state index contributed by atoms with van der Waals surface area (Å²) in [6.07, 6.45) is 1.06. The van der Waals surface area contributed by atoms with Crippen molar-refractivity contribution in [1.82, 2.24) is 14.9 Å². The summed E-state index contributed by atoms with van der Waals surface area (Å²) in [4.78, 5) is 4.12. The molecule has 2 heterocycles. The molecule has 128 valence electrons. The molecule has 2 rings (SSSR count). The van der Waals surface area contributed by atoms with Crippen molar-refractivity contribution in [2.24, 2.45) is 10.9 Å². The maximum atomic E-state index is 12.2. The van der Waals surface area contributed by atoms with Crippen LogP contribution in [0.3, 0.4) is 0 Å². The topological polar surface area (TPSA) is 83.0 Å². The monoisotopic (exact) mass is 350 g/mol. The third-order valence-electron chi connectivity index (χ3n) is 3.82. The lowest BCUT2D eigenvalue weighted by Crippen LogP contribution is -2.45. The number of thioether (sulfide) groups is 1. The Morgan fingerprint density at radius 2 is 2.14 bits per heavy atom. The van der Waals surface area contributed by atoms with Crippen LogP contribution >= 0.6 is 11.8 Å². The van der Waals surface area contributed by atoms with Crippen molar-refractivity contribution in [3.05, 3.63) is 0 Å². The summed E-state index contributed by atoms with van der Waals surface area (Å²) in [5.74, 6) is 3.04. The Kier molecular flexibility index (Phi) is 7.26. The summed E-state index contributed by atoms with van der Waals surface area (Å²) in [7, 11) is -1.47. The van der Waals surface area contributed by atoms with Gasteiger partial charge in [0, 0.05) is 57.3 Å². The molecule has 2 fully saturated rings. The highest BCUT2D eigenvalue weighted by Crippen LogP contribution is 2.13. The average Bonchev–Trinajstić information content (AvgIpc) is 3.05. The molecule has 22 heavy (non-hydrogen) atoms. The molecule has 2 aliphatic rings. The van der Waals surface area contributed by atoms with Crippen LogP contribution in [0.4, 0.5) is 0 Å². The third kappa shape index (κ3) is 5.60. The zero-order chi connectivity index (χ0) is 15.8. The predicted octanol–water partition coefficient (Wildman–Crippen LogP) is -0.433. The maximum Gasteiger partial charge on any atom is 0.215 e. The largest absolute Gasteiger partial charge is 0.381 e. The van der Waals surface area contributed by atoms with Gasteiger partial charge >= 0.3 is 0 Å². The van der Waals surface area contributed by atoms with Crippen LogP contribution in [0.2, 0.25) is 0 Å². The molecule has 0 amide bonds. The second-order valence-corrected chi connectivity index (χ2v) is 8.75. The first-order valence-corrected chi connectivity index (χ1v) is 10.5. The molecule has 0 radical (unpaired) electrons. The fraction of sp³-hybridized carbons (Fsp3) is 0.923. The molecule has 0 aliphatic carbocycles.